The van der Waals surface area contributed by atoms with Gasteiger partial charge in [0.05, 0.1) is 12.1 Å². The molecule has 1 aliphatic heterocycles. The summed E-state index contributed by atoms with van der Waals surface area (Å²) in [4.78, 5) is 0. The molecule has 0 amide bonds. The van der Waals surface area contributed by atoms with E-state index >= 15 is 0 Å². The van der Waals surface area contributed by atoms with Crippen LogP contribution < -0.4 is 5.32 Å². The molecule has 5 heteroatoms. The average Bonchev–Trinajstić information content (AvgIpc) is 2.43. The number of halogens is 2. The van der Waals surface area contributed by atoms with Gasteiger partial charge in [-0.3, -0.25) is 0 Å². The third-order valence-corrected chi connectivity index (χ3v) is 4.42. The number of anilines is 1. The zero-order valence-electron chi connectivity index (χ0n) is 11.2. The minimum Gasteiger partial charge on any atom is -0.385 e. The summed E-state index contributed by atoms with van der Waals surface area (Å²) in [6.45, 7) is 0.685. The van der Waals surface area contributed by atoms with E-state index in [1.165, 1.54) is 6.07 Å². The Morgan fingerprint density at radius 2 is 2.05 bits per heavy atom. The maximum atomic E-state index is 13.3. The average molecular weight is 283 g/mol. The zero-order chi connectivity index (χ0) is 14.2. The van der Waals surface area contributed by atoms with Crippen molar-refractivity contribution in [2.45, 2.75) is 49.9 Å². The van der Waals surface area contributed by atoms with Crippen LogP contribution in [-0.4, -0.2) is 29.5 Å². The number of ether oxygens (including phenoxy) is 1. The van der Waals surface area contributed by atoms with Crippen LogP contribution in [0.1, 0.15) is 32.1 Å². The van der Waals surface area contributed by atoms with Gasteiger partial charge in [0, 0.05) is 18.4 Å². The highest BCUT2D eigenvalue weighted by Crippen LogP contribution is 2.39. The fraction of sp³-hybridized carbons (Fsp3) is 0.600. The van der Waals surface area contributed by atoms with Crippen LogP contribution in [0.4, 0.5) is 14.5 Å². The Morgan fingerprint density at radius 1 is 1.20 bits per heavy atom. The monoisotopic (exact) mass is 283 g/mol. The first kappa shape index (κ1) is 13.8. The highest BCUT2D eigenvalue weighted by molar-refractivity contribution is 5.45. The van der Waals surface area contributed by atoms with Crippen molar-refractivity contribution in [3.63, 3.8) is 0 Å². The maximum absolute atomic E-state index is 13.3. The Hall–Kier alpha value is -1.20. The molecule has 0 spiro atoms. The first-order valence-corrected chi connectivity index (χ1v) is 7.15. The topological polar surface area (TPSA) is 41.5 Å². The Morgan fingerprint density at radius 3 is 2.85 bits per heavy atom. The molecule has 0 aromatic heterocycles. The largest absolute Gasteiger partial charge is 0.385 e. The predicted octanol–water partition coefficient (Wildman–Crippen LogP) is 2.84. The van der Waals surface area contributed by atoms with Gasteiger partial charge >= 0.3 is 0 Å². The van der Waals surface area contributed by atoms with Crippen LogP contribution in [0.15, 0.2) is 18.2 Å². The van der Waals surface area contributed by atoms with Gasteiger partial charge in [-0.1, -0.05) is 0 Å². The molecule has 2 fully saturated rings. The normalized spacial score (nSPS) is 33.5. The molecular formula is C15H19F2NO2. The summed E-state index contributed by atoms with van der Waals surface area (Å²) in [5.74, 6) is -1.74. The van der Waals surface area contributed by atoms with E-state index in [1.54, 1.807) is 0 Å². The standard InChI is InChI=1S/C15H19F2NO2/c16-11-6-5-10(9-12(11)17)18-13-3-1-4-14-15(13,19)7-2-8-20-14/h5-6,9,13-14,18-19H,1-4,7-8H2/t13?,14-,15?/m1/s1. The number of aliphatic hydroxyl groups is 1. The molecule has 0 bridgehead atoms. The Balaban J connectivity index is 1.79. The first-order valence-electron chi connectivity index (χ1n) is 7.15. The smallest absolute Gasteiger partial charge is 0.160 e. The fourth-order valence-corrected chi connectivity index (χ4v) is 3.36. The van der Waals surface area contributed by atoms with Gasteiger partial charge in [-0.05, 0) is 44.2 Å². The van der Waals surface area contributed by atoms with E-state index in [-0.39, 0.29) is 12.1 Å². The summed E-state index contributed by atoms with van der Waals surface area (Å²) in [6, 6.07) is 3.53. The summed E-state index contributed by atoms with van der Waals surface area (Å²) >= 11 is 0. The van der Waals surface area contributed by atoms with Crippen LogP contribution >= 0.6 is 0 Å². The molecule has 3 rings (SSSR count). The van der Waals surface area contributed by atoms with Crippen LogP contribution in [0.5, 0.6) is 0 Å². The van der Waals surface area contributed by atoms with Crippen molar-refractivity contribution in [2.24, 2.45) is 0 Å². The van der Waals surface area contributed by atoms with Crippen LogP contribution in [-0.2, 0) is 4.74 Å². The molecule has 3 nitrogen and oxygen atoms in total. The van der Waals surface area contributed by atoms with Crippen molar-refractivity contribution < 1.29 is 18.6 Å². The molecule has 110 valence electrons. The quantitative estimate of drug-likeness (QED) is 0.877. The second-order valence-corrected chi connectivity index (χ2v) is 5.71. The van der Waals surface area contributed by atoms with Crippen LogP contribution in [0, 0.1) is 11.6 Å². The number of benzene rings is 1. The molecule has 1 saturated carbocycles. The molecule has 1 aromatic rings. The lowest BCUT2D eigenvalue weighted by Gasteiger charge is -2.48. The van der Waals surface area contributed by atoms with E-state index in [4.69, 9.17) is 4.74 Å². The fourth-order valence-electron chi connectivity index (χ4n) is 3.36. The third-order valence-electron chi connectivity index (χ3n) is 4.42. The second kappa shape index (κ2) is 5.30. The van der Waals surface area contributed by atoms with Gasteiger partial charge in [-0.2, -0.15) is 0 Å². The molecule has 3 atom stereocenters. The van der Waals surface area contributed by atoms with Crippen molar-refractivity contribution in [3.8, 4) is 0 Å². The third kappa shape index (κ3) is 2.40. The number of fused-ring (bicyclic) bond motifs is 1. The van der Waals surface area contributed by atoms with Crippen molar-refractivity contribution in [3.05, 3.63) is 29.8 Å². The number of rotatable bonds is 2. The Bertz CT molecular complexity index is 495. The van der Waals surface area contributed by atoms with Gasteiger partial charge < -0.3 is 15.2 Å². The number of nitrogens with one attached hydrogen (secondary N) is 1. The van der Waals surface area contributed by atoms with Crippen molar-refractivity contribution >= 4 is 5.69 Å². The van der Waals surface area contributed by atoms with E-state index in [2.05, 4.69) is 5.32 Å². The van der Waals surface area contributed by atoms with Gasteiger partial charge in [0.15, 0.2) is 11.6 Å². The highest BCUT2D eigenvalue weighted by atomic mass is 19.2. The molecular weight excluding hydrogens is 264 g/mol. The zero-order valence-corrected chi connectivity index (χ0v) is 11.2. The minimum absolute atomic E-state index is 0.159. The number of hydrogen-bond acceptors (Lipinski definition) is 3. The Kier molecular flexibility index (Phi) is 3.65. The van der Waals surface area contributed by atoms with E-state index in [1.807, 2.05) is 0 Å². The molecule has 1 saturated heterocycles. The van der Waals surface area contributed by atoms with Gasteiger partial charge in [0.2, 0.25) is 0 Å². The lowest BCUT2D eigenvalue weighted by Crippen LogP contribution is -2.60. The first-order chi connectivity index (χ1) is 9.59. The van der Waals surface area contributed by atoms with Crippen molar-refractivity contribution in [1.82, 2.24) is 0 Å². The molecule has 2 N–H and O–H groups in total. The van der Waals surface area contributed by atoms with Crippen LogP contribution in [0.3, 0.4) is 0 Å². The highest BCUT2D eigenvalue weighted by Gasteiger charge is 2.48. The molecule has 2 aliphatic rings. The molecule has 1 aromatic carbocycles. The summed E-state index contributed by atoms with van der Waals surface area (Å²) in [6.07, 6.45) is 3.95. The molecule has 2 unspecified atom stereocenters. The summed E-state index contributed by atoms with van der Waals surface area (Å²) in [5, 5.41) is 14.0. The predicted molar refractivity (Wildman–Crippen MR) is 71.5 cm³/mol. The van der Waals surface area contributed by atoms with Crippen LogP contribution in [0.25, 0.3) is 0 Å². The van der Waals surface area contributed by atoms with Gasteiger partial charge in [0.25, 0.3) is 0 Å². The lowest BCUT2D eigenvalue weighted by atomic mass is 9.74. The van der Waals surface area contributed by atoms with Gasteiger partial charge in [-0.25, -0.2) is 8.78 Å². The van der Waals surface area contributed by atoms with Crippen LogP contribution in [0.2, 0.25) is 0 Å². The van der Waals surface area contributed by atoms with Crippen molar-refractivity contribution in [2.75, 3.05) is 11.9 Å². The van der Waals surface area contributed by atoms with Crippen molar-refractivity contribution in [1.29, 1.82) is 0 Å². The van der Waals surface area contributed by atoms with E-state index < -0.39 is 17.2 Å². The van der Waals surface area contributed by atoms with Gasteiger partial charge in [0.1, 0.15) is 5.60 Å². The molecule has 1 aliphatic carbocycles. The minimum atomic E-state index is -0.915. The molecule has 20 heavy (non-hydrogen) atoms. The van der Waals surface area contributed by atoms with E-state index in [9.17, 15) is 13.9 Å². The number of hydrogen-bond donors (Lipinski definition) is 2. The summed E-state index contributed by atoms with van der Waals surface area (Å²) < 4.78 is 31.9. The second-order valence-electron chi connectivity index (χ2n) is 5.71. The Labute approximate surface area is 116 Å². The molecule has 1 heterocycles. The molecule has 0 radical (unpaired) electrons. The maximum Gasteiger partial charge on any atom is 0.160 e. The van der Waals surface area contributed by atoms with Gasteiger partial charge in [-0.15, -0.1) is 0 Å². The SMILES string of the molecule is OC12CCCO[C@@H]1CCCC2Nc1ccc(F)c(F)c1. The van der Waals surface area contributed by atoms with E-state index in [0.717, 1.165) is 37.8 Å². The van der Waals surface area contributed by atoms with E-state index in [0.29, 0.717) is 18.7 Å². The summed E-state index contributed by atoms with van der Waals surface area (Å²) in [5.41, 5.74) is -0.421. The summed E-state index contributed by atoms with van der Waals surface area (Å²) in [7, 11) is 0. The lowest BCUT2D eigenvalue weighted by molar-refractivity contribution is -0.168.